The number of nitrogens with zero attached hydrogens (tertiary/aromatic N) is 2. The van der Waals surface area contributed by atoms with Gasteiger partial charge < -0.3 is 15.3 Å². The summed E-state index contributed by atoms with van der Waals surface area (Å²) in [4.78, 5) is 37.6. The summed E-state index contributed by atoms with van der Waals surface area (Å²) in [5.41, 5.74) is 0.703. The van der Waals surface area contributed by atoms with E-state index in [1.165, 1.54) is 17.0 Å². The molecule has 9 heteroatoms. The lowest BCUT2D eigenvalue weighted by atomic mass is 10.0. The summed E-state index contributed by atoms with van der Waals surface area (Å²) in [5.74, 6) is -1.19. The van der Waals surface area contributed by atoms with Gasteiger partial charge in [-0.05, 0) is 17.5 Å². The zero-order valence-corrected chi connectivity index (χ0v) is 17.5. The van der Waals surface area contributed by atoms with Gasteiger partial charge in [-0.25, -0.2) is 0 Å². The van der Waals surface area contributed by atoms with Gasteiger partial charge in [-0.2, -0.15) is 0 Å². The molecule has 2 N–H and O–H groups in total. The van der Waals surface area contributed by atoms with Gasteiger partial charge in [0.05, 0.1) is 22.1 Å². The van der Waals surface area contributed by atoms with E-state index < -0.39 is 16.9 Å². The smallest absolute Gasteiger partial charge is 0.270 e. The average molecular weight is 434 g/mol. The van der Waals surface area contributed by atoms with Gasteiger partial charge in [0.25, 0.3) is 11.6 Å². The maximum Gasteiger partial charge on any atom is 0.270 e. The van der Waals surface area contributed by atoms with E-state index in [0.717, 1.165) is 11.6 Å². The normalized spacial score (nSPS) is 11.8. The molecule has 0 spiro atoms. The lowest BCUT2D eigenvalue weighted by molar-refractivity contribution is -0.384. The summed E-state index contributed by atoms with van der Waals surface area (Å²) < 4.78 is 0. The minimum atomic E-state index is -0.862. The van der Waals surface area contributed by atoms with Crippen LogP contribution in [0.1, 0.15) is 29.8 Å². The number of carbonyl (C=O) groups excluding carboxylic acids is 2. The summed E-state index contributed by atoms with van der Waals surface area (Å²) in [6, 6.07) is 12.0. The number of nitrogens with one attached hydrogen (secondary N) is 1. The van der Waals surface area contributed by atoms with Gasteiger partial charge in [0.1, 0.15) is 6.04 Å². The summed E-state index contributed by atoms with van der Waals surface area (Å²) >= 11 is 6.04. The Balaban J connectivity index is 2.21. The fraction of sp³-hybridized carbons (Fsp3) is 0.333. The predicted molar refractivity (Wildman–Crippen MR) is 113 cm³/mol. The van der Waals surface area contributed by atoms with Crippen molar-refractivity contribution in [3.05, 3.63) is 74.8 Å². The SMILES string of the molecule is CC(C)C(NC(=O)c1ccc([N+](=O)[O-])cc1Cl)C(=O)N(CCO)Cc1ccccc1. The number of hydrogen-bond acceptors (Lipinski definition) is 5. The topological polar surface area (TPSA) is 113 Å². The number of carbonyl (C=O) groups is 2. The van der Waals surface area contributed by atoms with Crippen molar-refractivity contribution in [1.29, 1.82) is 0 Å². The Bertz CT molecular complexity index is 905. The number of aliphatic hydroxyl groups excluding tert-OH is 1. The molecular formula is C21H24ClN3O5. The molecule has 0 saturated carbocycles. The van der Waals surface area contributed by atoms with Gasteiger partial charge in [-0.3, -0.25) is 19.7 Å². The lowest BCUT2D eigenvalue weighted by Crippen LogP contribution is -2.51. The first-order valence-corrected chi connectivity index (χ1v) is 9.80. The van der Waals surface area contributed by atoms with Gasteiger partial charge in [-0.15, -0.1) is 0 Å². The molecule has 2 aromatic carbocycles. The average Bonchev–Trinajstić information content (AvgIpc) is 2.71. The van der Waals surface area contributed by atoms with Crippen LogP contribution >= 0.6 is 11.6 Å². The third-order valence-corrected chi connectivity index (χ3v) is 4.84. The number of halogens is 1. The molecule has 0 saturated heterocycles. The van der Waals surface area contributed by atoms with Crippen LogP contribution in [-0.2, 0) is 11.3 Å². The Hall–Kier alpha value is -2.97. The van der Waals surface area contributed by atoms with Crippen molar-refractivity contribution in [2.24, 2.45) is 5.92 Å². The Labute approximate surface area is 179 Å². The summed E-state index contributed by atoms with van der Waals surface area (Å²) in [6.07, 6.45) is 0. The number of non-ortho nitro benzene ring substituents is 1. The molecular weight excluding hydrogens is 410 g/mol. The van der Waals surface area contributed by atoms with Crippen LogP contribution in [0.5, 0.6) is 0 Å². The molecule has 0 bridgehead atoms. The number of aliphatic hydroxyl groups is 1. The van der Waals surface area contributed by atoms with Crippen LogP contribution in [0.3, 0.4) is 0 Å². The monoisotopic (exact) mass is 433 g/mol. The second kappa shape index (κ2) is 10.7. The van der Waals surface area contributed by atoms with E-state index in [0.29, 0.717) is 0 Å². The highest BCUT2D eigenvalue weighted by Crippen LogP contribution is 2.23. The van der Waals surface area contributed by atoms with Gasteiger partial charge in [0.15, 0.2) is 0 Å². The molecule has 2 amide bonds. The predicted octanol–water partition coefficient (Wildman–Crippen LogP) is 3.02. The van der Waals surface area contributed by atoms with Crippen molar-refractivity contribution in [1.82, 2.24) is 10.2 Å². The van der Waals surface area contributed by atoms with E-state index in [1.807, 2.05) is 30.3 Å². The molecule has 0 aliphatic rings. The standard InChI is InChI=1S/C21H24ClN3O5/c1-14(2)19(21(28)24(10-11-26)13-15-6-4-3-5-7-15)23-20(27)17-9-8-16(25(29)30)12-18(17)22/h3-9,12,14,19,26H,10-11,13H2,1-2H3,(H,23,27). The van der Waals surface area contributed by atoms with Crippen LogP contribution < -0.4 is 5.32 Å². The van der Waals surface area contributed by atoms with Crippen LogP contribution in [0.25, 0.3) is 0 Å². The zero-order chi connectivity index (χ0) is 22.3. The second-order valence-electron chi connectivity index (χ2n) is 7.09. The third kappa shape index (κ3) is 6.01. The molecule has 1 unspecified atom stereocenters. The second-order valence-corrected chi connectivity index (χ2v) is 7.49. The Kier molecular flexibility index (Phi) is 8.32. The fourth-order valence-corrected chi connectivity index (χ4v) is 3.18. The maximum absolute atomic E-state index is 13.2. The van der Waals surface area contributed by atoms with E-state index in [9.17, 15) is 24.8 Å². The molecule has 8 nitrogen and oxygen atoms in total. The molecule has 0 heterocycles. The van der Waals surface area contributed by atoms with Crippen molar-refractivity contribution in [2.45, 2.75) is 26.4 Å². The quantitative estimate of drug-likeness (QED) is 0.466. The molecule has 0 aliphatic carbocycles. The van der Waals surface area contributed by atoms with Crippen molar-refractivity contribution >= 4 is 29.1 Å². The number of benzene rings is 2. The highest BCUT2D eigenvalue weighted by atomic mass is 35.5. The minimum Gasteiger partial charge on any atom is -0.395 e. The maximum atomic E-state index is 13.2. The number of nitro groups is 1. The molecule has 30 heavy (non-hydrogen) atoms. The molecule has 160 valence electrons. The van der Waals surface area contributed by atoms with Crippen molar-refractivity contribution in [2.75, 3.05) is 13.2 Å². The van der Waals surface area contributed by atoms with Gasteiger partial charge in [-0.1, -0.05) is 55.8 Å². The van der Waals surface area contributed by atoms with Crippen LogP contribution in [0.4, 0.5) is 5.69 Å². The fourth-order valence-electron chi connectivity index (χ4n) is 2.92. The summed E-state index contributed by atoms with van der Waals surface area (Å²) in [7, 11) is 0. The van der Waals surface area contributed by atoms with E-state index in [2.05, 4.69) is 5.32 Å². The number of amides is 2. The number of nitro benzene ring substituents is 1. The Morgan fingerprint density at radius 3 is 2.40 bits per heavy atom. The molecule has 2 rings (SSSR count). The van der Waals surface area contributed by atoms with Crippen molar-refractivity contribution < 1.29 is 19.6 Å². The Morgan fingerprint density at radius 1 is 1.20 bits per heavy atom. The van der Waals surface area contributed by atoms with Crippen LogP contribution in [0.15, 0.2) is 48.5 Å². The van der Waals surface area contributed by atoms with E-state index in [-0.39, 0.29) is 47.8 Å². The Morgan fingerprint density at radius 2 is 1.87 bits per heavy atom. The van der Waals surface area contributed by atoms with Gasteiger partial charge >= 0.3 is 0 Å². The highest BCUT2D eigenvalue weighted by molar-refractivity contribution is 6.34. The van der Waals surface area contributed by atoms with Gasteiger partial charge in [0.2, 0.25) is 5.91 Å². The van der Waals surface area contributed by atoms with Crippen LogP contribution in [-0.4, -0.2) is 45.9 Å². The van der Waals surface area contributed by atoms with E-state index in [4.69, 9.17) is 11.6 Å². The van der Waals surface area contributed by atoms with Crippen LogP contribution in [0, 0.1) is 16.0 Å². The molecule has 2 aromatic rings. The first kappa shape index (κ1) is 23.3. The number of rotatable bonds is 9. The molecule has 0 aromatic heterocycles. The summed E-state index contributed by atoms with van der Waals surface area (Å²) in [5, 5.41) is 22.9. The molecule has 0 fully saturated rings. The van der Waals surface area contributed by atoms with Crippen molar-refractivity contribution in [3.8, 4) is 0 Å². The molecule has 1 atom stereocenters. The van der Waals surface area contributed by atoms with E-state index >= 15 is 0 Å². The largest absolute Gasteiger partial charge is 0.395 e. The third-order valence-electron chi connectivity index (χ3n) is 4.53. The lowest BCUT2D eigenvalue weighted by Gasteiger charge is -2.29. The number of hydrogen-bond donors (Lipinski definition) is 2. The highest BCUT2D eigenvalue weighted by Gasteiger charge is 2.29. The van der Waals surface area contributed by atoms with Gasteiger partial charge in [0, 0.05) is 25.2 Å². The summed E-state index contributed by atoms with van der Waals surface area (Å²) in [6.45, 7) is 3.77. The first-order chi connectivity index (χ1) is 14.2. The molecule has 0 aliphatic heterocycles. The minimum absolute atomic E-state index is 0.0393. The molecule has 0 radical (unpaired) electrons. The van der Waals surface area contributed by atoms with Crippen molar-refractivity contribution in [3.63, 3.8) is 0 Å². The zero-order valence-electron chi connectivity index (χ0n) is 16.7. The van der Waals surface area contributed by atoms with Crippen LogP contribution in [0.2, 0.25) is 5.02 Å². The first-order valence-electron chi connectivity index (χ1n) is 9.43. The van der Waals surface area contributed by atoms with E-state index in [1.54, 1.807) is 13.8 Å².